The lowest BCUT2D eigenvalue weighted by atomic mass is 10.0. The Labute approximate surface area is 55.2 Å². The lowest BCUT2D eigenvalue weighted by Crippen LogP contribution is -1.92. The molecule has 1 aliphatic rings. The van der Waals surface area contributed by atoms with E-state index in [0.717, 1.165) is 12.8 Å². The summed E-state index contributed by atoms with van der Waals surface area (Å²) in [6.45, 7) is 5.76. The molecule has 1 heterocycles. The van der Waals surface area contributed by atoms with Gasteiger partial charge in [0.2, 0.25) is 0 Å². The molecule has 2 radical (unpaired) electrons. The number of carbonyl (C=O) groups is 1. The molecule has 0 aromatic heterocycles. The third-order valence-electron chi connectivity index (χ3n) is 1.43. The summed E-state index contributed by atoms with van der Waals surface area (Å²) in [6, 6.07) is 0. The maximum absolute atomic E-state index is 10.3. The molecule has 0 aromatic carbocycles. The molecule has 0 bridgehead atoms. The van der Waals surface area contributed by atoms with Crippen molar-refractivity contribution in [3.8, 4) is 0 Å². The minimum absolute atomic E-state index is 0.129. The van der Waals surface area contributed by atoms with Crippen molar-refractivity contribution < 1.29 is 9.53 Å². The van der Waals surface area contributed by atoms with Crippen LogP contribution in [0, 0.1) is 18.9 Å². The highest BCUT2D eigenvalue weighted by Crippen LogP contribution is 2.30. The lowest BCUT2D eigenvalue weighted by Gasteiger charge is -2.00. The second-order valence-corrected chi connectivity index (χ2v) is 2.41. The predicted octanol–water partition coefficient (Wildman–Crippen LogP) is 1.33. The molecule has 0 saturated carbocycles. The van der Waals surface area contributed by atoms with Crippen LogP contribution < -0.4 is 0 Å². The van der Waals surface area contributed by atoms with Gasteiger partial charge in [0.05, 0.1) is 0 Å². The van der Waals surface area contributed by atoms with Crippen molar-refractivity contribution in [2.75, 3.05) is 0 Å². The van der Waals surface area contributed by atoms with Gasteiger partial charge in [0.15, 0.2) is 0 Å². The van der Waals surface area contributed by atoms with E-state index in [2.05, 4.69) is 18.6 Å². The summed E-state index contributed by atoms with van der Waals surface area (Å²) in [5.74, 6) is 0.349. The Kier molecular flexibility index (Phi) is 1.74. The second kappa shape index (κ2) is 2.38. The number of carbonyl (C=O) groups excluding carboxylic acids is 1. The van der Waals surface area contributed by atoms with Gasteiger partial charge in [-0.05, 0) is 5.92 Å². The normalized spacial score (nSPS) is 21.3. The van der Waals surface area contributed by atoms with Crippen molar-refractivity contribution in [3.63, 3.8) is 0 Å². The molecule has 0 amide bonds. The first-order valence-corrected chi connectivity index (χ1v) is 3.11. The fourth-order valence-corrected chi connectivity index (χ4v) is 0.630. The Morgan fingerprint density at radius 1 is 1.78 bits per heavy atom. The minimum Gasteiger partial charge on any atom is -0.439 e. The van der Waals surface area contributed by atoms with Crippen LogP contribution in [0.5, 0.6) is 0 Å². The van der Waals surface area contributed by atoms with E-state index in [1.54, 1.807) is 0 Å². The molecule has 0 aliphatic carbocycles. The van der Waals surface area contributed by atoms with Gasteiger partial charge in [-0.3, -0.25) is 0 Å². The summed E-state index contributed by atoms with van der Waals surface area (Å²) >= 11 is 0. The molecule has 0 N–H and O–H groups in total. The smallest absolute Gasteiger partial charge is 0.356 e. The minimum atomic E-state index is -0.129. The van der Waals surface area contributed by atoms with Gasteiger partial charge in [0, 0.05) is 6.42 Å². The van der Waals surface area contributed by atoms with E-state index >= 15 is 0 Å². The molecule has 2 nitrogen and oxygen atoms in total. The molecular weight excluding hydrogens is 116 g/mol. The average Bonchev–Trinajstić information content (AvgIpc) is 2.47. The van der Waals surface area contributed by atoms with Crippen LogP contribution >= 0.6 is 0 Å². The number of cyclic esters (lactones) is 1. The van der Waals surface area contributed by atoms with Crippen molar-refractivity contribution in [2.45, 2.75) is 19.8 Å². The average molecular weight is 126 g/mol. The van der Waals surface area contributed by atoms with Crippen LogP contribution in [0.3, 0.4) is 0 Å². The Balaban J connectivity index is 2.11. The summed E-state index contributed by atoms with van der Waals surface area (Å²) in [4.78, 5) is 10.3. The zero-order chi connectivity index (χ0) is 6.85. The fraction of sp³-hybridized carbons (Fsp3) is 0.571. The largest absolute Gasteiger partial charge is 0.439 e. The van der Waals surface area contributed by atoms with Gasteiger partial charge >= 0.3 is 5.97 Å². The van der Waals surface area contributed by atoms with E-state index in [1.165, 1.54) is 0 Å². The standard InChI is InChI=1S/C7H10O2/c1-3-5(2)4-6-7(8)9-6/h5H,1,3-4H2,2H3. The summed E-state index contributed by atoms with van der Waals surface area (Å²) in [5, 5.41) is 0. The molecular formula is C7H10O2. The van der Waals surface area contributed by atoms with Gasteiger partial charge < -0.3 is 4.74 Å². The molecule has 9 heavy (non-hydrogen) atoms. The molecule has 1 aliphatic heterocycles. The van der Waals surface area contributed by atoms with Crippen molar-refractivity contribution in [3.05, 3.63) is 13.0 Å². The highest BCUT2D eigenvalue weighted by molar-refractivity contribution is 5.96. The maximum atomic E-state index is 10.3. The Morgan fingerprint density at radius 2 is 2.33 bits per heavy atom. The van der Waals surface area contributed by atoms with Gasteiger partial charge in [-0.1, -0.05) is 20.3 Å². The molecule has 2 heteroatoms. The van der Waals surface area contributed by atoms with Gasteiger partial charge in [0.1, 0.15) is 0 Å². The molecule has 0 aromatic rings. The van der Waals surface area contributed by atoms with Crippen molar-refractivity contribution in [1.29, 1.82) is 0 Å². The maximum Gasteiger partial charge on any atom is 0.356 e. The SMILES string of the molecule is [CH2]CC(C)C[C]1OC1=O. The fourth-order valence-electron chi connectivity index (χ4n) is 0.630. The van der Waals surface area contributed by atoms with Crippen LogP contribution in [0.25, 0.3) is 0 Å². The quantitative estimate of drug-likeness (QED) is 0.534. The lowest BCUT2D eigenvalue weighted by molar-refractivity contribution is -0.117. The van der Waals surface area contributed by atoms with E-state index in [0.29, 0.717) is 12.0 Å². The van der Waals surface area contributed by atoms with E-state index < -0.39 is 0 Å². The van der Waals surface area contributed by atoms with Gasteiger partial charge in [-0.25, -0.2) is 4.79 Å². The van der Waals surface area contributed by atoms with Crippen molar-refractivity contribution >= 4 is 5.97 Å². The molecule has 0 spiro atoms. The number of hydrogen-bond acceptors (Lipinski definition) is 2. The summed E-state index contributed by atoms with van der Waals surface area (Å²) in [6.07, 6.45) is 2.26. The van der Waals surface area contributed by atoms with Gasteiger partial charge in [0.25, 0.3) is 6.10 Å². The van der Waals surface area contributed by atoms with Crippen molar-refractivity contribution in [2.24, 2.45) is 5.92 Å². The predicted molar refractivity (Wildman–Crippen MR) is 33.1 cm³/mol. The Hall–Kier alpha value is -0.530. The topological polar surface area (TPSA) is 29.6 Å². The number of hydrogen-bond donors (Lipinski definition) is 0. The molecule has 1 atom stereocenters. The zero-order valence-corrected chi connectivity index (χ0v) is 5.52. The molecule has 50 valence electrons. The first-order chi connectivity index (χ1) is 4.24. The van der Waals surface area contributed by atoms with Crippen LogP contribution in [-0.2, 0) is 9.53 Å². The summed E-state index contributed by atoms with van der Waals surface area (Å²) in [7, 11) is 0. The monoisotopic (exact) mass is 126 g/mol. The van der Waals surface area contributed by atoms with Crippen LogP contribution in [-0.4, -0.2) is 5.97 Å². The third-order valence-corrected chi connectivity index (χ3v) is 1.43. The number of ether oxygens (including phenoxy) is 1. The van der Waals surface area contributed by atoms with Crippen LogP contribution in [0.15, 0.2) is 0 Å². The van der Waals surface area contributed by atoms with Crippen molar-refractivity contribution in [1.82, 2.24) is 0 Å². The van der Waals surface area contributed by atoms with Gasteiger partial charge in [-0.15, -0.1) is 0 Å². The molecule has 1 saturated heterocycles. The first kappa shape index (κ1) is 6.59. The van der Waals surface area contributed by atoms with E-state index in [9.17, 15) is 4.79 Å². The Morgan fingerprint density at radius 3 is 2.67 bits per heavy atom. The zero-order valence-electron chi connectivity index (χ0n) is 5.52. The molecule has 1 fully saturated rings. The number of epoxide rings is 1. The van der Waals surface area contributed by atoms with E-state index in [1.807, 2.05) is 0 Å². The number of rotatable bonds is 3. The second-order valence-electron chi connectivity index (χ2n) is 2.41. The third kappa shape index (κ3) is 1.70. The van der Waals surface area contributed by atoms with E-state index in [4.69, 9.17) is 0 Å². The van der Waals surface area contributed by atoms with E-state index in [-0.39, 0.29) is 5.97 Å². The van der Waals surface area contributed by atoms with Crippen LogP contribution in [0.4, 0.5) is 0 Å². The van der Waals surface area contributed by atoms with Crippen LogP contribution in [0.1, 0.15) is 19.8 Å². The summed E-state index contributed by atoms with van der Waals surface area (Å²) < 4.78 is 4.54. The highest BCUT2D eigenvalue weighted by atomic mass is 16.6. The highest BCUT2D eigenvalue weighted by Gasteiger charge is 2.40. The van der Waals surface area contributed by atoms with Crippen LogP contribution in [0.2, 0.25) is 0 Å². The Bertz CT molecular complexity index is 120. The van der Waals surface area contributed by atoms with Gasteiger partial charge in [-0.2, -0.15) is 0 Å². The first-order valence-electron chi connectivity index (χ1n) is 3.11. The summed E-state index contributed by atoms with van der Waals surface area (Å²) in [5.41, 5.74) is 0. The molecule has 1 unspecified atom stereocenters. The molecule has 1 rings (SSSR count).